The van der Waals surface area contributed by atoms with Gasteiger partial charge in [0.1, 0.15) is 5.82 Å². The summed E-state index contributed by atoms with van der Waals surface area (Å²) in [6.45, 7) is -0.271. The maximum absolute atomic E-state index is 14.0. The van der Waals surface area contributed by atoms with Gasteiger partial charge in [-0.1, -0.05) is 35.9 Å². The molecule has 0 aliphatic rings. The predicted octanol–water partition coefficient (Wildman–Crippen LogP) is 2.24. The van der Waals surface area contributed by atoms with Gasteiger partial charge < -0.3 is 4.74 Å². The first-order chi connectivity index (χ1) is 12.0. The van der Waals surface area contributed by atoms with E-state index in [-0.39, 0.29) is 23.0 Å². The lowest BCUT2D eigenvalue weighted by Gasteiger charge is -2.11. The number of methoxy groups -OCH3 is 1. The Labute approximate surface area is 146 Å². The van der Waals surface area contributed by atoms with Crippen LogP contribution in [0, 0.1) is 5.82 Å². The molecule has 0 saturated carbocycles. The van der Waals surface area contributed by atoms with E-state index < -0.39 is 17.1 Å². The van der Waals surface area contributed by atoms with Gasteiger partial charge in [-0.2, -0.15) is 4.68 Å². The Balaban J connectivity index is 2.19. The van der Waals surface area contributed by atoms with E-state index >= 15 is 0 Å². The molecule has 0 bridgehead atoms. The number of aromatic nitrogens is 3. The largest absolute Gasteiger partial charge is 0.476 e. The van der Waals surface area contributed by atoms with Gasteiger partial charge in [0, 0.05) is 10.6 Å². The summed E-state index contributed by atoms with van der Waals surface area (Å²) in [5.41, 5.74) is -0.840. The quantitative estimate of drug-likeness (QED) is 0.715. The van der Waals surface area contributed by atoms with Crippen LogP contribution in [0.2, 0.25) is 5.02 Å². The van der Waals surface area contributed by atoms with E-state index in [1.54, 1.807) is 30.3 Å². The Morgan fingerprint density at radius 2 is 1.88 bits per heavy atom. The van der Waals surface area contributed by atoms with Crippen molar-refractivity contribution in [3.63, 3.8) is 0 Å². The lowest BCUT2D eigenvalue weighted by Crippen LogP contribution is -2.41. The van der Waals surface area contributed by atoms with Crippen LogP contribution in [-0.4, -0.2) is 21.5 Å². The summed E-state index contributed by atoms with van der Waals surface area (Å²) in [6, 6.07) is 12.6. The smallest absolute Gasteiger partial charge is 0.352 e. The molecule has 0 aliphatic heterocycles. The second kappa shape index (κ2) is 6.90. The summed E-state index contributed by atoms with van der Waals surface area (Å²) in [5, 5.41) is 4.16. The molecular weight excluding hydrogens is 349 g/mol. The summed E-state index contributed by atoms with van der Waals surface area (Å²) in [4.78, 5) is 25.1. The van der Waals surface area contributed by atoms with Gasteiger partial charge >= 0.3 is 11.2 Å². The highest BCUT2D eigenvalue weighted by Crippen LogP contribution is 2.15. The normalized spacial score (nSPS) is 10.7. The van der Waals surface area contributed by atoms with Crippen molar-refractivity contribution in [2.45, 2.75) is 6.54 Å². The first kappa shape index (κ1) is 16.9. The van der Waals surface area contributed by atoms with Crippen molar-refractivity contribution < 1.29 is 9.13 Å². The highest BCUT2D eigenvalue weighted by atomic mass is 35.5. The topological polar surface area (TPSA) is 66.1 Å². The van der Waals surface area contributed by atoms with Crippen LogP contribution in [-0.2, 0) is 6.54 Å². The molecule has 0 amide bonds. The molecule has 1 heterocycles. The van der Waals surface area contributed by atoms with E-state index in [4.69, 9.17) is 16.3 Å². The van der Waals surface area contributed by atoms with Crippen LogP contribution in [0.25, 0.3) is 5.69 Å². The van der Waals surface area contributed by atoms with Crippen molar-refractivity contribution in [3.05, 3.63) is 85.8 Å². The van der Waals surface area contributed by atoms with Gasteiger partial charge in [0.05, 0.1) is 19.3 Å². The minimum Gasteiger partial charge on any atom is -0.476 e. The minimum absolute atomic E-state index is 0.150. The summed E-state index contributed by atoms with van der Waals surface area (Å²) in [7, 11) is 1.27. The Hall–Kier alpha value is -2.93. The molecule has 0 unspecified atom stereocenters. The molecule has 128 valence electrons. The molecule has 2 aromatic carbocycles. The zero-order chi connectivity index (χ0) is 18.0. The number of ether oxygens (including phenoxy) is 1. The zero-order valence-corrected chi connectivity index (χ0v) is 13.9. The van der Waals surface area contributed by atoms with Gasteiger partial charge in [-0.15, -0.1) is 5.10 Å². The number of nitrogens with zero attached hydrogens (tertiary/aromatic N) is 3. The van der Waals surface area contributed by atoms with Crippen molar-refractivity contribution in [3.8, 4) is 11.6 Å². The predicted molar refractivity (Wildman–Crippen MR) is 91.2 cm³/mol. The highest BCUT2D eigenvalue weighted by Gasteiger charge is 2.16. The third-order valence-electron chi connectivity index (χ3n) is 3.57. The average Bonchev–Trinajstić information content (AvgIpc) is 2.61. The third-order valence-corrected chi connectivity index (χ3v) is 3.80. The third kappa shape index (κ3) is 3.32. The fourth-order valence-electron chi connectivity index (χ4n) is 2.32. The summed E-state index contributed by atoms with van der Waals surface area (Å²) in [6.07, 6.45) is 0. The maximum Gasteiger partial charge on any atom is 0.352 e. The number of benzene rings is 2. The van der Waals surface area contributed by atoms with E-state index in [9.17, 15) is 14.0 Å². The first-order valence-corrected chi connectivity index (χ1v) is 7.66. The molecule has 0 aliphatic carbocycles. The minimum atomic E-state index is -0.742. The first-order valence-electron chi connectivity index (χ1n) is 7.29. The molecule has 0 N–H and O–H groups in total. The van der Waals surface area contributed by atoms with Crippen LogP contribution in [0.1, 0.15) is 5.56 Å². The number of rotatable bonds is 4. The van der Waals surface area contributed by atoms with E-state index in [0.29, 0.717) is 5.69 Å². The van der Waals surface area contributed by atoms with Crippen molar-refractivity contribution in [1.82, 2.24) is 14.3 Å². The van der Waals surface area contributed by atoms with Crippen molar-refractivity contribution in [2.24, 2.45) is 0 Å². The lowest BCUT2D eigenvalue weighted by atomic mass is 10.2. The Bertz CT molecular complexity index is 1030. The summed E-state index contributed by atoms with van der Waals surface area (Å²) >= 11 is 5.73. The highest BCUT2D eigenvalue weighted by molar-refractivity contribution is 6.30. The molecule has 0 fully saturated rings. The molecule has 0 radical (unpaired) electrons. The van der Waals surface area contributed by atoms with Gasteiger partial charge in [-0.3, -0.25) is 4.79 Å². The molecule has 3 rings (SSSR count). The summed E-state index contributed by atoms with van der Waals surface area (Å²) in [5.74, 6) is -0.876. The van der Waals surface area contributed by atoms with E-state index in [2.05, 4.69) is 5.10 Å². The molecule has 6 nitrogen and oxygen atoms in total. The van der Waals surface area contributed by atoms with Crippen molar-refractivity contribution in [1.29, 1.82) is 0 Å². The van der Waals surface area contributed by atoms with Gasteiger partial charge in [0.2, 0.25) is 0 Å². The van der Waals surface area contributed by atoms with Gasteiger partial charge in [0.25, 0.3) is 5.88 Å². The second-order valence-electron chi connectivity index (χ2n) is 5.17. The zero-order valence-electron chi connectivity index (χ0n) is 13.1. The van der Waals surface area contributed by atoms with Gasteiger partial charge in [-0.25, -0.2) is 13.8 Å². The van der Waals surface area contributed by atoms with Crippen LogP contribution >= 0.6 is 11.6 Å². The van der Waals surface area contributed by atoms with E-state index in [1.165, 1.54) is 19.2 Å². The maximum atomic E-state index is 14.0. The monoisotopic (exact) mass is 361 g/mol. The fraction of sp³-hybridized carbons (Fsp3) is 0.118. The fourth-order valence-corrected chi connectivity index (χ4v) is 2.48. The Morgan fingerprint density at radius 1 is 1.16 bits per heavy atom. The molecule has 25 heavy (non-hydrogen) atoms. The molecule has 0 spiro atoms. The van der Waals surface area contributed by atoms with Crippen LogP contribution in [0.5, 0.6) is 5.88 Å². The standard InChI is InChI=1S/C17H13ClFN3O3/c1-25-15-16(23)21(10-11-7-8-12(18)9-14(11)19)17(24)22(20-15)13-5-3-2-4-6-13/h2-9H,10H2,1H3. The summed E-state index contributed by atoms with van der Waals surface area (Å²) < 4.78 is 20.9. The van der Waals surface area contributed by atoms with Crippen molar-refractivity contribution in [2.75, 3.05) is 7.11 Å². The lowest BCUT2D eigenvalue weighted by molar-refractivity contribution is 0.367. The molecule has 3 aromatic rings. The van der Waals surface area contributed by atoms with Crippen molar-refractivity contribution >= 4 is 11.6 Å². The molecular formula is C17H13ClFN3O3. The second-order valence-corrected chi connectivity index (χ2v) is 5.60. The van der Waals surface area contributed by atoms with E-state index in [1.807, 2.05) is 0 Å². The SMILES string of the molecule is COc1nn(-c2ccccc2)c(=O)n(Cc2ccc(Cl)cc2F)c1=O. The number of hydrogen-bond acceptors (Lipinski definition) is 4. The number of para-hydroxylation sites is 1. The molecule has 0 saturated heterocycles. The van der Waals surface area contributed by atoms with Crippen LogP contribution in [0.3, 0.4) is 0 Å². The van der Waals surface area contributed by atoms with E-state index in [0.717, 1.165) is 15.3 Å². The Kier molecular flexibility index (Phi) is 4.67. The van der Waals surface area contributed by atoms with Crippen LogP contribution in [0.4, 0.5) is 4.39 Å². The van der Waals surface area contributed by atoms with Crippen LogP contribution < -0.4 is 16.0 Å². The molecule has 0 atom stereocenters. The molecule has 8 heteroatoms. The Morgan fingerprint density at radius 3 is 2.52 bits per heavy atom. The number of hydrogen-bond donors (Lipinski definition) is 0. The van der Waals surface area contributed by atoms with Crippen LogP contribution in [0.15, 0.2) is 58.1 Å². The molecule has 1 aromatic heterocycles. The van der Waals surface area contributed by atoms with Gasteiger partial charge in [-0.05, 0) is 24.3 Å². The number of halogens is 2. The van der Waals surface area contributed by atoms with Gasteiger partial charge in [0.15, 0.2) is 0 Å². The average molecular weight is 362 g/mol.